The number of guanidine groups is 1. The van der Waals surface area contributed by atoms with Gasteiger partial charge in [0.05, 0.1) is 12.2 Å². The van der Waals surface area contributed by atoms with Crippen molar-refractivity contribution in [2.45, 2.75) is 50.5 Å². The first-order valence-corrected chi connectivity index (χ1v) is 10.8. The Morgan fingerprint density at radius 1 is 1.20 bits per heavy atom. The summed E-state index contributed by atoms with van der Waals surface area (Å²) in [6, 6.07) is 7.97. The summed E-state index contributed by atoms with van der Waals surface area (Å²) in [5.74, 6) is 2.21. The highest BCUT2D eigenvalue weighted by molar-refractivity contribution is 14.0. The molecular formula is C22H31IN4O3. The van der Waals surface area contributed by atoms with Gasteiger partial charge >= 0.3 is 0 Å². The van der Waals surface area contributed by atoms with Crippen molar-refractivity contribution < 1.29 is 14.3 Å². The van der Waals surface area contributed by atoms with Crippen LogP contribution >= 0.6 is 24.0 Å². The van der Waals surface area contributed by atoms with Crippen LogP contribution in [-0.4, -0.2) is 61.8 Å². The Balaban J connectivity index is 0.00000218. The van der Waals surface area contributed by atoms with Crippen molar-refractivity contribution in [1.29, 1.82) is 0 Å². The number of benzene rings is 1. The second-order valence-electron chi connectivity index (χ2n) is 8.62. The van der Waals surface area contributed by atoms with Crippen molar-refractivity contribution in [3.8, 4) is 0 Å². The number of likely N-dealkylation sites (tertiary alicyclic amines) is 1. The van der Waals surface area contributed by atoms with Crippen LogP contribution in [0, 0.1) is 11.8 Å². The molecule has 0 saturated carbocycles. The summed E-state index contributed by atoms with van der Waals surface area (Å²) in [6.07, 6.45) is 4.78. The Hall–Kier alpha value is -1.39. The zero-order valence-electron chi connectivity index (χ0n) is 17.4. The lowest BCUT2D eigenvalue weighted by Gasteiger charge is -2.23. The lowest BCUT2D eigenvalue weighted by Crippen LogP contribution is -2.41. The maximum Gasteiger partial charge on any atom is 0.253 e. The fourth-order valence-corrected chi connectivity index (χ4v) is 5.41. The lowest BCUT2D eigenvalue weighted by molar-refractivity contribution is -0.124. The predicted molar refractivity (Wildman–Crippen MR) is 126 cm³/mol. The van der Waals surface area contributed by atoms with Crippen LogP contribution in [0.15, 0.2) is 29.3 Å². The minimum Gasteiger partial charge on any atom is -0.374 e. The molecule has 4 saturated heterocycles. The number of carbonyl (C=O) groups excluding carboxylic acids is 1. The molecule has 8 heteroatoms. The Bertz CT molecular complexity index is 780. The summed E-state index contributed by atoms with van der Waals surface area (Å²) < 4.78 is 11.5. The van der Waals surface area contributed by atoms with E-state index in [1.807, 2.05) is 25.2 Å². The van der Waals surface area contributed by atoms with Crippen LogP contribution in [-0.2, 0) is 20.8 Å². The standard InChI is InChI=1S/C22H30N4O3.HI/c1-23-22(26-12-16-17(13-26)19-8-7-18(16)29-19)24-11-14-4-2-5-15(10-14)25-21(27)20-6-3-9-28-20;/h2,4-5,10,16-20H,3,6-9,11-13H2,1H3,(H,23,24)(H,25,27);1H. The quantitative estimate of drug-likeness (QED) is 0.359. The van der Waals surface area contributed by atoms with Gasteiger partial charge in [-0.3, -0.25) is 9.79 Å². The summed E-state index contributed by atoms with van der Waals surface area (Å²) in [6.45, 7) is 3.41. The molecule has 1 aromatic carbocycles. The Morgan fingerprint density at radius 3 is 2.63 bits per heavy atom. The maximum absolute atomic E-state index is 12.3. The van der Waals surface area contributed by atoms with Crippen molar-refractivity contribution in [3.63, 3.8) is 0 Å². The molecule has 5 unspecified atom stereocenters. The number of halogens is 1. The summed E-state index contributed by atoms with van der Waals surface area (Å²) in [5, 5.41) is 6.48. The molecule has 4 heterocycles. The van der Waals surface area contributed by atoms with E-state index in [-0.39, 0.29) is 36.0 Å². The van der Waals surface area contributed by atoms with Crippen LogP contribution in [0.5, 0.6) is 0 Å². The number of nitrogens with one attached hydrogen (secondary N) is 2. The molecule has 4 aliphatic heterocycles. The van der Waals surface area contributed by atoms with Gasteiger partial charge in [0, 0.05) is 50.8 Å². The summed E-state index contributed by atoms with van der Waals surface area (Å²) >= 11 is 0. The topological polar surface area (TPSA) is 75.2 Å². The third-order valence-electron chi connectivity index (χ3n) is 6.83. The van der Waals surface area contributed by atoms with Crippen LogP contribution in [0.2, 0.25) is 0 Å². The lowest BCUT2D eigenvalue weighted by atomic mass is 9.82. The summed E-state index contributed by atoms with van der Waals surface area (Å²) in [4.78, 5) is 19.2. The molecule has 7 nitrogen and oxygen atoms in total. The third-order valence-corrected chi connectivity index (χ3v) is 6.83. The van der Waals surface area contributed by atoms with E-state index in [0.717, 1.165) is 43.1 Å². The monoisotopic (exact) mass is 526 g/mol. The maximum atomic E-state index is 12.3. The number of rotatable bonds is 4. The number of hydrogen-bond donors (Lipinski definition) is 2. The predicted octanol–water partition coefficient (Wildman–Crippen LogP) is 2.61. The van der Waals surface area contributed by atoms with E-state index < -0.39 is 0 Å². The molecule has 0 aliphatic carbocycles. The van der Waals surface area contributed by atoms with Gasteiger partial charge in [-0.2, -0.15) is 0 Å². The minimum absolute atomic E-state index is 0. The van der Waals surface area contributed by atoms with E-state index in [0.29, 0.717) is 37.2 Å². The molecule has 30 heavy (non-hydrogen) atoms. The number of fused-ring (bicyclic) bond motifs is 5. The molecule has 2 bridgehead atoms. The first-order chi connectivity index (χ1) is 14.2. The van der Waals surface area contributed by atoms with Gasteiger partial charge in [-0.15, -0.1) is 24.0 Å². The first kappa shape index (κ1) is 21.8. The molecule has 1 amide bonds. The fraction of sp³-hybridized carbons (Fsp3) is 0.636. The van der Waals surface area contributed by atoms with Crippen LogP contribution in [0.1, 0.15) is 31.2 Å². The molecule has 5 rings (SSSR count). The molecule has 2 N–H and O–H groups in total. The average Bonchev–Trinajstić information content (AvgIpc) is 3.51. The van der Waals surface area contributed by atoms with Gasteiger partial charge in [-0.1, -0.05) is 12.1 Å². The van der Waals surface area contributed by atoms with Gasteiger partial charge in [0.1, 0.15) is 6.10 Å². The highest BCUT2D eigenvalue weighted by Crippen LogP contribution is 2.47. The summed E-state index contributed by atoms with van der Waals surface area (Å²) in [7, 11) is 1.85. The molecule has 0 aromatic heterocycles. The second kappa shape index (κ2) is 9.40. The highest BCUT2D eigenvalue weighted by Gasteiger charge is 2.53. The third kappa shape index (κ3) is 4.31. The van der Waals surface area contributed by atoms with Crippen LogP contribution in [0.3, 0.4) is 0 Å². The van der Waals surface area contributed by atoms with E-state index in [9.17, 15) is 4.79 Å². The van der Waals surface area contributed by atoms with Crippen molar-refractivity contribution in [2.24, 2.45) is 16.8 Å². The zero-order chi connectivity index (χ0) is 19.8. The van der Waals surface area contributed by atoms with E-state index in [1.54, 1.807) is 0 Å². The van der Waals surface area contributed by atoms with Crippen molar-refractivity contribution in [3.05, 3.63) is 29.8 Å². The van der Waals surface area contributed by atoms with Crippen molar-refractivity contribution >= 4 is 41.5 Å². The van der Waals surface area contributed by atoms with Gasteiger partial charge < -0.3 is 25.0 Å². The van der Waals surface area contributed by atoms with Gasteiger partial charge in [0.15, 0.2) is 5.96 Å². The Labute approximate surface area is 195 Å². The zero-order valence-corrected chi connectivity index (χ0v) is 19.7. The molecule has 1 aromatic rings. The average molecular weight is 526 g/mol. The van der Waals surface area contributed by atoms with Crippen molar-refractivity contribution in [2.75, 3.05) is 32.1 Å². The number of anilines is 1. The van der Waals surface area contributed by atoms with Crippen LogP contribution in [0.4, 0.5) is 5.69 Å². The van der Waals surface area contributed by atoms with E-state index in [4.69, 9.17) is 9.47 Å². The largest absolute Gasteiger partial charge is 0.374 e. The molecule has 4 fully saturated rings. The first-order valence-electron chi connectivity index (χ1n) is 10.8. The van der Waals surface area contributed by atoms with Crippen molar-refractivity contribution in [1.82, 2.24) is 10.2 Å². The van der Waals surface area contributed by atoms with E-state index in [1.165, 1.54) is 12.8 Å². The number of aliphatic imine (C=N–C) groups is 1. The molecule has 164 valence electrons. The fourth-order valence-electron chi connectivity index (χ4n) is 5.41. The summed E-state index contributed by atoms with van der Waals surface area (Å²) in [5.41, 5.74) is 1.92. The second-order valence-corrected chi connectivity index (χ2v) is 8.62. The minimum atomic E-state index is -0.315. The van der Waals surface area contributed by atoms with Gasteiger partial charge in [0.2, 0.25) is 0 Å². The number of hydrogen-bond acceptors (Lipinski definition) is 4. The molecule has 0 radical (unpaired) electrons. The smallest absolute Gasteiger partial charge is 0.253 e. The van der Waals surface area contributed by atoms with Crippen LogP contribution in [0.25, 0.3) is 0 Å². The highest BCUT2D eigenvalue weighted by atomic mass is 127. The number of carbonyl (C=O) groups is 1. The number of ether oxygens (including phenoxy) is 2. The molecule has 4 aliphatic rings. The van der Waals surface area contributed by atoms with Crippen LogP contribution < -0.4 is 10.6 Å². The Morgan fingerprint density at radius 2 is 1.97 bits per heavy atom. The molecular weight excluding hydrogens is 495 g/mol. The van der Waals surface area contributed by atoms with Gasteiger partial charge in [-0.25, -0.2) is 0 Å². The number of amides is 1. The van der Waals surface area contributed by atoms with E-state index in [2.05, 4.69) is 26.6 Å². The normalized spacial score (nSPS) is 32.1. The molecule has 0 spiro atoms. The number of nitrogens with zero attached hydrogens (tertiary/aromatic N) is 2. The van der Waals surface area contributed by atoms with E-state index >= 15 is 0 Å². The van der Waals surface area contributed by atoms with Gasteiger partial charge in [0.25, 0.3) is 5.91 Å². The molecule has 5 atom stereocenters. The Kier molecular flexibility index (Phi) is 6.84. The SMILES string of the molecule is CN=C(NCc1cccc(NC(=O)C2CCCO2)c1)N1CC2C3CCC(O3)C2C1.I. The van der Waals surface area contributed by atoms with Gasteiger partial charge in [-0.05, 0) is 43.4 Å².